The molecule has 0 saturated carbocycles. The van der Waals surface area contributed by atoms with Crippen LogP contribution in [0, 0.1) is 6.92 Å². The first kappa shape index (κ1) is 23.7. The molecule has 4 nitrogen and oxygen atoms in total. The molecular weight excluding hydrogens is 418 g/mol. The highest BCUT2D eigenvalue weighted by atomic mass is 35.5. The summed E-state index contributed by atoms with van der Waals surface area (Å²) < 4.78 is 8.15. The van der Waals surface area contributed by atoms with Crippen LogP contribution in [0.2, 0.25) is 5.02 Å². The van der Waals surface area contributed by atoms with Gasteiger partial charge in [-0.15, -0.1) is 0 Å². The highest BCUT2D eigenvalue weighted by Gasteiger charge is 2.13. The third kappa shape index (κ3) is 5.43. The van der Waals surface area contributed by atoms with Gasteiger partial charge in [0.05, 0.1) is 17.0 Å². The van der Waals surface area contributed by atoms with Crippen LogP contribution >= 0.6 is 11.6 Å². The van der Waals surface area contributed by atoms with E-state index in [0.29, 0.717) is 6.61 Å². The van der Waals surface area contributed by atoms with E-state index in [1.807, 2.05) is 56.7 Å². The summed E-state index contributed by atoms with van der Waals surface area (Å²) in [6, 6.07) is 14.0. The zero-order chi connectivity index (χ0) is 23.3. The van der Waals surface area contributed by atoms with Crippen LogP contribution < -0.4 is 20.3 Å². The Bertz CT molecular complexity index is 1220. The zero-order valence-corrected chi connectivity index (χ0v) is 20.6. The Kier molecular flexibility index (Phi) is 7.81. The van der Waals surface area contributed by atoms with E-state index in [2.05, 4.69) is 60.5 Å². The van der Waals surface area contributed by atoms with Crippen LogP contribution in [0.5, 0.6) is 5.75 Å². The predicted octanol–water partition coefficient (Wildman–Crippen LogP) is 5.36. The predicted molar refractivity (Wildman–Crippen MR) is 135 cm³/mol. The topological polar surface area (TPSA) is 30.3 Å². The third-order valence-electron chi connectivity index (χ3n) is 5.75. The average Bonchev–Trinajstić information content (AvgIpc) is 3.16. The number of anilines is 1. The Morgan fingerprint density at radius 2 is 1.91 bits per heavy atom. The maximum absolute atomic E-state index is 6.09. The molecule has 0 aliphatic heterocycles. The Morgan fingerprint density at radius 3 is 2.56 bits per heavy atom. The molecule has 0 amide bonds. The number of hydrogen-bond acceptors (Lipinski definition) is 3. The first-order valence-electron chi connectivity index (χ1n) is 10.9. The van der Waals surface area contributed by atoms with Gasteiger partial charge in [-0.05, 0) is 68.2 Å². The summed E-state index contributed by atoms with van der Waals surface area (Å²) in [7, 11) is 4.14. The van der Waals surface area contributed by atoms with Gasteiger partial charge in [0.2, 0.25) is 0 Å². The molecule has 1 aromatic heterocycles. The van der Waals surface area contributed by atoms with Gasteiger partial charge in [-0.25, -0.2) is 4.98 Å². The average molecular weight is 450 g/mol. The van der Waals surface area contributed by atoms with Gasteiger partial charge in [-0.1, -0.05) is 42.8 Å². The molecular formula is C27H32ClN3O. The van der Waals surface area contributed by atoms with Gasteiger partial charge in [0.1, 0.15) is 12.4 Å². The Labute approximate surface area is 196 Å². The molecule has 2 aromatic carbocycles. The van der Waals surface area contributed by atoms with Crippen LogP contribution in [0.3, 0.4) is 0 Å². The summed E-state index contributed by atoms with van der Waals surface area (Å²) in [6.07, 6.45) is 7.09. The van der Waals surface area contributed by atoms with Gasteiger partial charge in [0.15, 0.2) is 0 Å². The Hall–Kier alpha value is -2.98. The minimum atomic E-state index is 0.497. The molecule has 0 atom stereocenters. The van der Waals surface area contributed by atoms with Crippen molar-refractivity contribution in [2.24, 2.45) is 7.05 Å². The van der Waals surface area contributed by atoms with Crippen molar-refractivity contribution in [1.82, 2.24) is 9.55 Å². The number of imidazole rings is 1. The van der Waals surface area contributed by atoms with Crippen molar-refractivity contribution in [1.29, 1.82) is 0 Å². The highest BCUT2D eigenvalue weighted by Crippen LogP contribution is 2.29. The molecule has 1 heterocycles. The van der Waals surface area contributed by atoms with Crippen LogP contribution in [0.4, 0.5) is 5.69 Å². The largest absolute Gasteiger partial charge is 0.489 e. The number of aryl methyl sites for hydroxylation is 2. The van der Waals surface area contributed by atoms with Gasteiger partial charge < -0.3 is 14.2 Å². The smallest absolute Gasteiger partial charge is 0.121 e. The van der Waals surface area contributed by atoms with Gasteiger partial charge in [-0.3, -0.25) is 0 Å². The third-order valence-corrected chi connectivity index (χ3v) is 6.00. The van der Waals surface area contributed by atoms with E-state index >= 15 is 0 Å². The second-order valence-corrected chi connectivity index (χ2v) is 8.44. The SMILES string of the molecule is CC=c1ncn(C)c1=CC(=C(C)CC)N(C)c1cc(OCc2ccc(Cl)cc2)ccc1C. The molecule has 3 rings (SSSR count). The summed E-state index contributed by atoms with van der Waals surface area (Å²) in [6.45, 7) is 9.01. The van der Waals surface area contributed by atoms with E-state index < -0.39 is 0 Å². The molecule has 32 heavy (non-hydrogen) atoms. The quantitative estimate of drug-likeness (QED) is 0.486. The molecule has 0 bridgehead atoms. The number of rotatable bonds is 7. The van der Waals surface area contributed by atoms with E-state index in [4.69, 9.17) is 16.3 Å². The van der Waals surface area contributed by atoms with E-state index in [1.54, 1.807) is 0 Å². The summed E-state index contributed by atoms with van der Waals surface area (Å²) in [5, 5.41) is 2.81. The normalized spacial score (nSPS) is 13.3. The molecule has 168 valence electrons. The van der Waals surface area contributed by atoms with E-state index in [-0.39, 0.29) is 0 Å². The summed E-state index contributed by atoms with van der Waals surface area (Å²) in [5.41, 5.74) is 5.86. The molecule has 3 aromatic rings. The minimum absolute atomic E-state index is 0.497. The monoisotopic (exact) mass is 449 g/mol. The van der Waals surface area contributed by atoms with Crippen LogP contribution in [0.25, 0.3) is 12.2 Å². The van der Waals surface area contributed by atoms with Crippen molar-refractivity contribution in [2.45, 2.75) is 40.7 Å². The Morgan fingerprint density at radius 1 is 1.19 bits per heavy atom. The molecule has 0 N–H and O–H groups in total. The minimum Gasteiger partial charge on any atom is -0.489 e. The lowest BCUT2D eigenvalue weighted by Gasteiger charge is -2.25. The van der Waals surface area contributed by atoms with Crippen molar-refractivity contribution in [3.8, 4) is 5.75 Å². The number of benzene rings is 2. The number of nitrogens with zero attached hydrogens (tertiary/aromatic N) is 3. The Balaban J connectivity index is 1.96. The maximum Gasteiger partial charge on any atom is 0.121 e. The van der Waals surface area contributed by atoms with Gasteiger partial charge in [-0.2, -0.15) is 0 Å². The second-order valence-electron chi connectivity index (χ2n) is 8.00. The van der Waals surface area contributed by atoms with Crippen molar-refractivity contribution in [2.75, 3.05) is 11.9 Å². The van der Waals surface area contributed by atoms with Crippen LogP contribution in [0.15, 0.2) is 60.1 Å². The van der Waals surface area contributed by atoms with Gasteiger partial charge in [0, 0.05) is 36.6 Å². The fraction of sp³-hybridized carbons (Fsp3) is 0.296. The number of allylic oxidation sites excluding steroid dienone is 2. The van der Waals surface area contributed by atoms with Crippen molar-refractivity contribution in [3.63, 3.8) is 0 Å². The van der Waals surface area contributed by atoms with E-state index in [0.717, 1.165) is 44.8 Å². The van der Waals surface area contributed by atoms with Gasteiger partial charge >= 0.3 is 0 Å². The summed E-state index contributed by atoms with van der Waals surface area (Å²) in [5.74, 6) is 0.837. The standard InChI is InChI=1S/C27H32ClN3O/c1-7-19(3)26(16-27-24(8-2)29-18-30(27)5)31(6)25-15-23(14-9-20(25)4)32-17-21-10-12-22(28)13-11-21/h8-16,18H,7,17H2,1-6H3. The lowest BCUT2D eigenvalue weighted by Crippen LogP contribution is -2.31. The number of hydrogen-bond donors (Lipinski definition) is 0. The second kappa shape index (κ2) is 10.6. The molecule has 0 fully saturated rings. The van der Waals surface area contributed by atoms with Crippen LogP contribution in [0.1, 0.15) is 38.3 Å². The molecule has 0 radical (unpaired) electrons. The molecule has 0 aliphatic carbocycles. The first-order valence-corrected chi connectivity index (χ1v) is 11.3. The zero-order valence-electron chi connectivity index (χ0n) is 19.8. The van der Waals surface area contributed by atoms with Gasteiger partial charge in [0.25, 0.3) is 0 Å². The molecule has 0 saturated heterocycles. The van der Waals surface area contributed by atoms with Crippen LogP contribution in [-0.4, -0.2) is 16.6 Å². The molecule has 0 aliphatic rings. The number of aromatic nitrogens is 2. The first-order chi connectivity index (χ1) is 15.3. The van der Waals surface area contributed by atoms with E-state index in [1.165, 1.54) is 11.1 Å². The maximum atomic E-state index is 6.09. The lowest BCUT2D eigenvalue weighted by atomic mass is 10.1. The fourth-order valence-corrected chi connectivity index (χ4v) is 3.72. The van der Waals surface area contributed by atoms with E-state index in [9.17, 15) is 0 Å². The van der Waals surface area contributed by atoms with Crippen molar-refractivity contribution < 1.29 is 4.74 Å². The summed E-state index contributed by atoms with van der Waals surface area (Å²) >= 11 is 5.99. The number of halogens is 1. The fourth-order valence-electron chi connectivity index (χ4n) is 3.59. The van der Waals surface area contributed by atoms with Crippen molar-refractivity contribution >= 4 is 29.4 Å². The van der Waals surface area contributed by atoms with Crippen LogP contribution in [-0.2, 0) is 13.7 Å². The lowest BCUT2D eigenvalue weighted by molar-refractivity contribution is 0.306. The number of ether oxygens (including phenoxy) is 1. The van der Waals surface area contributed by atoms with Crippen molar-refractivity contribution in [3.05, 3.63) is 86.9 Å². The molecule has 0 unspecified atom stereocenters. The highest BCUT2D eigenvalue weighted by molar-refractivity contribution is 6.30. The molecule has 0 spiro atoms. The molecule has 5 heteroatoms. The summed E-state index contributed by atoms with van der Waals surface area (Å²) in [4.78, 5) is 6.75.